The molecule has 2 amide bonds. The number of aliphatic carboxylic acids is 1. The molecule has 130 valence electrons. The van der Waals surface area contributed by atoms with Crippen molar-refractivity contribution in [1.82, 2.24) is 10.6 Å². The summed E-state index contributed by atoms with van der Waals surface area (Å²) >= 11 is 0. The van der Waals surface area contributed by atoms with Crippen molar-refractivity contribution in [3.05, 3.63) is 35.9 Å². The van der Waals surface area contributed by atoms with Crippen LogP contribution in [0.15, 0.2) is 30.3 Å². The molecule has 5 nitrogen and oxygen atoms in total. The minimum absolute atomic E-state index is 0.142. The van der Waals surface area contributed by atoms with Gasteiger partial charge in [0.2, 0.25) is 0 Å². The van der Waals surface area contributed by atoms with E-state index in [2.05, 4.69) is 22.8 Å². The summed E-state index contributed by atoms with van der Waals surface area (Å²) in [5.41, 5.74) is 0.988. The average molecular weight is 330 g/mol. The van der Waals surface area contributed by atoms with Crippen LogP contribution in [0.4, 0.5) is 4.79 Å². The highest BCUT2D eigenvalue weighted by molar-refractivity contribution is 5.75. The zero-order valence-electron chi connectivity index (χ0n) is 14.0. The smallest absolute Gasteiger partial charge is 0.315 e. The van der Waals surface area contributed by atoms with Crippen LogP contribution in [0.3, 0.4) is 0 Å². The van der Waals surface area contributed by atoms with Crippen molar-refractivity contribution in [2.45, 2.75) is 56.9 Å². The number of rotatable bonds is 6. The maximum atomic E-state index is 12.2. The third kappa shape index (κ3) is 4.28. The van der Waals surface area contributed by atoms with Crippen molar-refractivity contribution in [1.29, 1.82) is 0 Å². The van der Waals surface area contributed by atoms with Gasteiger partial charge in [0.25, 0.3) is 0 Å². The maximum absolute atomic E-state index is 12.2. The summed E-state index contributed by atoms with van der Waals surface area (Å²) in [4.78, 5) is 23.3. The molecule has 5 heteroatoms. The quantitative estimate of drug-likeness (QED) is 0.749. The van der Waals surface area contributed by atoms with E-state index in [1.165, 1.54) is 5.56 Å². The van der Waals surface area contributed by atoms with E-state index in [1.807, 2.05) is 18.2 Å². The second kappa shape index (κ2) is 7.24. The highest BCUT2D eigenvalue weighted by Gasteiger charge is 2.40. The number of hydrogen-bond donors (Lipinski definition) is 3. The van der Waals surface area contributed by atoms with Gasteiger partial charge in [-0.2, -0.15) is 0 Å². The zero-order valence-corrected chi connectivity index (χ0v) is 14.0. The number of carboxylic acids is 1. The van der Waals surface area contributed by atoms with Gasteiger partial charge in [0.1, 0.15) is 0 Å². The fourth-order valence-electron chi connectivity index (χ4n) is 3.95. The second-order valence-electron chi connectivity index (χ2n) is 7.32. The van der Waals surface area contributed by atoms with Crippen molar-refractivity contribution in [3.8, 4) is 0 Å². The molecule has 24 heavy (non-hydrogen) atoms. The molecule has 0 spiro atoms. The first kappa shape index (κ1) is 16.8. The highest BCUT2D eigenvalue weighted by Crippen LogP contribution is 2.41. The van der Waals surface area contributed by atoms with Crippen LogP contribution < -0.4 is 10.6 Å². The molecule has 2 unspecified atom stereocenters. The molecule has 1 aromatic carbocycles. The number of urea groups is 1. The van der Waals surface area contributed by atoms with Gasteiger partial charge in [-0.1, -0.05) is 49.6 Å². The van der Waals surface area contributed by atoms with E-state index in [0.717, 1.165) is 38.5 Å². The summed E-state index contributed by atoms with van der Waals surface area (Å²) in [5, 5.41) is 15.1. The molecule has 0 aromatic heterocycles. The Kier molecular flexibility index (Phi) is 5.07. The molecule has 1 aromatic rings. The SMILES string of the molecule is O=C(O)CC1(CNC(=O)NC2CC2c2ccccc2)CCCCC1. The van der Waals surface area contributed by atoms with E-state index >= 15 is 0 Å². The Labute approximate surface area is 142 Å². The van der Waals surface area contributed by atoms with Gasteiger partial charge in [0.05, 0.1) is 6.42 Å². The van der Waals surface area contributed by atoms with Crippen molar-refractivity contribution in [2.75, 3.05) is 6.54 Å². The summed E-state index contributed by atoms with van der Waals surface area (Å²) in [6.45, 7) is 0.452. The van der Waals surface area contributed by atoms with Crippen molar-refractivity contribution in [3.63, 3.8) is 0 Å². The van der Waals surface area contributed by atoms with Crippen LogP contribution >= 0.6 is 0 Å². The van der Waals surface area contributed by atoms with Gasteiger partial charge in [0, 0.05) is 18.5 Å². The number of amides is 2. The van der Waals surface area contributed by atoms with E-state index in [0.29, 0.717) is 12.5 Å². The Morgan fingerprint density at radius 1 is 1.12 bits per heavy atom. The molecule has 0 saturated heterocycles. The van der Waals surface area contributed by atoms with Crippen LogP contribution in [0.2, 0.25) is 0 Å². The van der Waals surface area contributed by atoms with Gasteiger partial charge in [0.15, 0.2) is 0 Å². The Balaban J connectivity index is 1.47. The van der Waals surface area contributed by atoms with Gasteiger partial charge in [-0.3, -0.25) is 4.79 Å². The van der Waals surface area contributed by atoms with Crippen LogP contribution in [-0.2, 0) is 4.79 Å². The van der Waals surface area contributed by atoms with Crippen LogP contribution in [0.5, 0.6) is 0 Å². The number of carboxylic acid groups (broad SMARTS) is 1. The summed E-state index contributed by atoms with van der Waals surface area (Å²) in [6, 6.07) is 10.2. The fourth-order valence-corrected chi connectivity index (χ4v) is 3.95. The number of carbonyl (C=O) groups excluding carboxylic acids is 1. The van der Waals surface area contributed by atoms with E-state index in [9.17, 15) is 14.7 Å². The van der Waals surface area contributed by atoms with Gasteiger partial charge in [-0.05, 0) is 30.2 Å². The van der Waals surface area contributed by atoms with Crippen molar-refractivity contribution >= 4 is 12.0 Å². The summed E-state index contributed by atoms with van der Waals surface area (Å²) in [7, 11) is 0. The van der Waals surface area contributed by atoms with Crippen molar-refractivity contribution in [2.24, 2.45) is 5.41 Å². The summed E-state index contributed by atoms with van der Waals surface area (Å²) in [6.07, 6.45) is 6.14. The largest absolute Gasteiger partial charge is 0.481 e. The normalized spacial score (nSPS) is 24.8. The molecule has 0 bridgehead atoms. The molecule has 0 heterocycles. The standard InChI is InChI=1S/C19H26N2O3/c22-17(23)12-19(9-5-2-6-10-19)13-20-18(24)21-16-11-15(16)14-7-3-1-4-8-14/h1,3-4,7-8,15-16H,2,5-6,9-13H2,(H,22,23)(H2,20,21,24). The van der Waals surface area contributed by atoms with Gasteiger partial charge >= 0.3 is 12.0 Å². The number of hydrogen-bond acceptors (Lipinski definition) is 2. The highest BCUT2D eigenvalue weighted by atomic mass is 16.4. The van der Waals surface area contributed by atoms with Gasteiger partial charge in [-0.25, -0.2) is 4.79 Å². The molecule has 3 rings (SSSR count). The third-order valence-corrected chi connectivity index (χ3v) is 5.40. The molecule has 2 atom stereocenters. The number of carbonyl (C=O) groups is 2. The molecule has 2 saturated carbocycles. The number of benzene rings is 1. The molecular weight excluding hydrogens is 304 g/mol. The molecule has 0 radical (unpaired) electrons. The Morgan fingerprint density at radius 3 is 2.50 bits per heavy atom. The monoisotopic (exact) mass is 330 g/mol. The molecule has 0 aliphatic heterocycles. The topological polar surface area (TPSA) is 78.4 Å². The van der Waals surface area contributed by atoms with E-state index in [-0.39, 0.29) is 23.9 Å². The zero-order chi connectivity index (χ0) is 17.0. The number of nitrogens with one attached hydrogen (secondary N) is 2. The first-order valence-corrected chi connectivity index (χ1v) is 8.89. The molecule has 2 aliphatic rings. The lowest BCUT2D eigenvalue weighted by Gasteiger charge is -2.36. The van der Waals surface area contributed by atoms with Crippen LogP contribution in [0.25, 0.3) is 0 Å². The molecule has 3 N–H and O–H groups in total. The van der Waals surface area contributed by atoms with Crippen LogP contribution in [0, 0.1) is 5.41 Å². The second-order valence-corrected chi connectivity index (χ2v) is 7.32. The van der Waals surface area contributed by atoms with Gasteiger partial charge in [-0.15, -0.1) is 0 Å². The van der Waals surface area contributed by atoms with Crippen molar-refractivity contribution < 1.29 is 14.7 Å². The first-order valence-electron chi connectivity index (χ1n) is 8.89. The summed E-state index contributed by atoms with van der Waals surface area (Å²) < 4.78 is 0. The average Bonchev–Trinajstić information content (AvgIpc) is 3.33. The third-order valence-electron chi connectivity index (χ3n) is 5.40. The minimum Gasteiger partial charge on any atom is -0.481 e. The van der Waals surface area contributed by atoms with E-state index < -0.39 is 5.97 Å². The maximum Gasteiger partial charge on any atom is 0.315 e. The van der Waals surface area contributed by atoms with E-state index in [4.69, 9.17) is 0 Å². The van der Waals surface area contributed by atoms with E-state index in [1.54, 1.807) is 0 Å². The molecule has 2 aliphatic carbocycles. The molecule has 2 fully saturated rings. The minimum atomic E-state index is -0.773. The summed E-state index contributed by atoms with van der Waals surface area (Å²) in [5.74, 6) is -0.370. The van der Waals surface area contributed by atoms with Gasteiger partial charge < -0.3 is 15.7 Å². The Morgan fingerprint density at radius 2 is 1.83 bits per heavy atom. The molecular formula is C19H26N2O3. The van der Waals surface area contributed by atoms with Crippen LogP contribution in [0.1, 0.15) is 56.4 Å². The fraction of sp³-hybridized carbons (Fsp3) is 0.579. The lowest BCUT2D eigenvalue weighted by atomic mass is 9.72. The lowest BCUT2D eigenvalue weighted by Crippen LogP contribution is -2.45. The predicted octanol–water partition coefficient (Wildman–Crippen LogP) is 3.27. The first-order chi connectivity index (χ1) is 11.6. The predicted molar refractivity (Wildman–Crippen MR) is 91.9 cm³/mol. The lowest BCUT2D eigenvalue weighted by molar-refractivity contribution is -0.140. The van der Waals surface area contributed by atoms with Crippen LogP contribution in [-0.4, -0.2) is 29.7 Å². The Hall–Kier alpha value is -2.04. The Bertz CT molecular complexity index is 582.